The molecule has 32 heavy (non-hydrogen) atoms. The molecule has 0 aromatic heterocycles. The molecule has 0 saturated heterocycles. The smallest absolute Gasteiger partial charge is 0.0462 e. The van der Waals surface area contributed by atoms with Crippen molar-refractivity contribution in [2.75, 3.05) is 4.90 Å². The van der Waals surface area contributed by atoms with Crippen molar-refractivity contribution in [3.63, 3.8) is 0 Å². The molecule has 0 aliphatic rings. The Balaban J connectivity index is 1.66. The lowest BCUT2D eigenvalue weighted by Crippen LogP contribution is -2.09. The van der Waals surface area contributed by atoms with E-state index in [-0.39, 0.29) is 0 Å². The first-order chi connectivity index (χ1) is 15.4. The van der Waals surface area contributed by atoms with E-state index in [9.17, 15) is 0 Å². The Morgan fingerprint density at radius 1 is 0.469 bits per heavy atom. The maximum Gasteiger partial charge on any atom is 0.0462 e. The van der Waals surface area contributed by atoms with Crippen molar-refractivity contribution in [1.82, 2.24) is 0 Å². The SMILES string of the molecule is Cc1ccc(N(c2ccc(C)cc2)c2ccc(C=Cc3c(C)cc(C)cc3C)cc2)cc1. The quantitative estimate of drug-likeness (QED) is 0.293. The van der Waals surface area contributed by atoms with E-state index in [1.54, 1.807) is 0 Å². The monoisotopic (exact) mass is 417 g/mol. The summed E-state index contributed by atoms with van der Waals surface area (Å²) in [5.74, 6) is 0. The van der Waals surface area contributed by atoms with Crippen molar-refractivity contribution < 1.29 is 0 Å². The number of nitrogens with zero attached hydrogens (tertiary/aromatic N) is 1. The molecular weight excluding hydrogens is 386 g/mol. The van der Waals surface area contributed by atoms with Gasteiger partial charge >= 0.3 is 0 Å². The lowest BCUT2D eigenvalue weighted by Gasteiger charge is -2.26. The van der Waals surface area contributed by atoms with Gasteiger partial charge in [-0.25, -0.2) is 0 Å². The number of anilines is 3. The second-order valence-electron chi connectivity index (χ2n) is 8.74. The molecule has 4 aromatic rings. The molecule has 160 valence electrons. The van der Waals surface area contributed by atoms with Crippen molar-refractivity contribution >= 4 is 29.2 Å². The molecule has 0 N–H and O–H groups in total. The third-order valence-corrected chi connectivity index (χ3v) is 5.92. The molecule has 0 bridgehead atoms. The molecule has 1 nitrogen and oxygen atoms in total. The minimum absolute atomic E-state index is 1.15. The van der Waals surface area contributed by atoms with Crippen LogP contribution in [0.25, 0.3) is 12.2 Å². The van der Waals surface area contributed by atoms with Gasteiger partial charge in [0.05, 0.1) is 0 Å². The van der Waals surface area contributed by atoms with Crippen molar-refractivity contribution in [3.8, 4) is 0 Å². The lowest BCUT2D eigenvalue weighted by molar-refractivity contribution is 1.27. The Morgan fingerprint density at radius 3 is 1.31 bits per heavy atom. The van der Waals surface area contributed by atoms with Crippen LogP contribution in [0.1, 0.15) is 38.9 Å². The summed E-state index contributed by atoms with van der Waals surface area (Å²) in [4.78, 5) is 2.31. The molecule has 0 amide bonds. The van der Waals surface area contributed by atoms with Gasteiger partial charge < -0.3 is 4.90 Å². The van der Waals surface area contributed by atoms with Crippen molar-refractivity contribution in [2.24, 2.45) is 0 Å². The molecule has 0 aliphatic carbocycles. The van der Waals surface area contributed by atoms with E-state index < -0.39 is 0 Å². The van der Waals surface area contributed by atoms with E-state index in [1.165, 1.54) is 38.9 Å². The molecule has 0 unspecified atom stereocenters. The lowest BCUT2D eigenvalue weighted by atomic mass is 9.99. The number of hydrogen-bond acceptors (Lipinski definition) is 1. The fourth-order valence-corrected chi connectivity index (χ4v) is 4.20. The van der Waals surface area contributed by atoms with Crippen LogP contribution >= 0.6 is 0 Å². The third-order valence-electron chi connectivity index (χ3n) is 5.92. The van der Waals surface area contributed by atoms with Crippen molar-refractivity contribution in [1.29, 1.82) is 0 Å². The van der Waals surface area contributed by atoms with Crippen LogP contribution in [0.2, 0.25) is 0 Å². The minimum atomic E-state index is 1.15. The summed E-state index contributed by atoms with van der Waals surface area (Å²) in [7, 11) is 0. The topological polar surface area (TPSA) is 3.24 Å². The first-order valence-electron chi connectivity index (χ1n) is 11.2. The fourth-order valence-electron chi connectivity index (χ4n) is 4.20. The predicted octanol–water partition coefficient (Wildman–Crippen LogP) is 8.87. The summed E-state index contributed by atoms with van der Waals surface area (Å²) in [6, 6.07) is 30.7. The second kappa shape index (κ2) is 9.28. The Bertz CT molecular complexity index is 1160. The molecule has 4 rings (SSSR count). The fraction of sp³-hybridized carbons (Fsp3) is 0.161. The highest BCUT2D eigenvalue weighted by Gasteiger charge is 2.12. The average Bonchev–Trinajstić information content (AvgIpc) is 2.77. The van der Waals surface area contributed by atoms with Gasteiger partial charge in [0.2, 0.25) is 0 Å². The van der Waals surface area contributed by atoms with Crippen LogP contribution in [0.15, 0.2) is 84.9 Å². The number of rotatable bonds is 5. The zero-order valence-corrected chi connectivity index (χ0v) is 19.7. The number of benzene rings is 4. The van der Waals surface area contributed by atoms with Gasteiger partial charge in [-0.15, -0.1) is 0 Å². The maximum atomic E-state index is 2.31. The van der Waals surface area contributed by atoms with Gasteiger partial charge in [0.25, 0.3) is 0 Å². The minimum Gasteiger partial charge on any atom is -0.311 e. The summed E-state index contributed by atoms with van der Waals surface area (Å²) in [5.41, 5.74) is 12.5. The molecule has 0 spiro atoms. The molecule has 4 aromatic carbocycles. The van der Waals surface area contributed by atoms with Crippen LogP contribution in [0.5, 0.6) is 0 Å². The Labute approximate surface area is 192 Å². The van der Waals surface area contributed by atoms with Gasteiger partial charge in [-0.3, -0.25) is 0 Å². The molecular formula is C31H31N. The van der Waals surface area contributed by atoms with Crippen LogP contribution in [0, 0.1) is 34.6 Å². The van der Waals surface area contributed by atoms with E-state index in [2.05, 4.69) is 137 Å². The van der Waals surface area contributed by atoms with Gasteiger partial charge in [-0.05, 0) is 93.3 Å². The van der Waals surface area contributed by atoms with Gasteiger partial charge in [0.15, 0.2) is 0 Å². The molecule has 0 aliphatic heterocycles. The highest BCUT2D eigenvalue weighted by atomic mass is 15.1. The highest BCUT2D eigenvalue weighted by molar-refractivity contribution is 5.78. The van der Waals surface area contributed by atoms with Crippen molar-refractivity contribution in [2.45, 2.75) is 34.6 Å². The molecule has 0 heterocycles. The van der Waals surface area contributed by atoms with E-state index in [1.807, 2.05) is 0 Å². The van der Waals surface area contributed by atoms with Gasteiger partial charge in [-0.2, -0.15) is 0 Å². The van der Waals surface area contributed by atoms with Gasteiger partial charge in [-0.1, -0.05) is 77.4 Å². The molecule has 0 atom stereocenters. The first kappa shape index (κ1) is 21.6. The van der Waals surface area contributed by atoms with Crippen LogP contribution < -0.4 is 4.90 Å². The Kier molecular flexibility index (Phi) is 6.28. The second-order valence-corrected chi connectivity index (χ2v) is 8.74. The zero-order chi connectivity index (χ0) is 22.7. The van der Waals surface area contributed by atoms with Gasteiger partial charge in [0.1, 0.15) is 0 Å². The van der Waals surface area contributed by atoms with E-state index in [4.69, 9.17) is 0 Å². The summed E-state index contributed by atoms with van der Waals surface area (Å²) in [6.07, 6.45) is 4.44. The Morgan fingerprint density at radius 2 is 0.875 bits per heavy atom. The highest BCUT2D eigenvalue weighted by Crippen LogP contribution is 2.35. The summed E-state index contributed by atoms with van der Waals surface area (Å²) < 4.78 is 0. The standard InChI is InChI=1S/C31H31N/c1-22-6-13-28(14-7-22)32(29-15-8-23(2)9-16-29)30-17-10-27(11-18-30)12-19-31-25(4)20-24(3)21-26(31)5/h6-21H,1-5H3. The molecule has 1 heteroatoms. The van der Waals surface area contributed by atoms with Crippen molar-refractivity contribution in [3.05, 3.63) is 124 Å². The van der Waals surface area contributed by atoms with E-state index in [0.717, 1.165) is 17.1 Å². The predicted molar refractivity (Wildman–Crippen MR) is 140 cm³/mol. The van der Waals surface area contributed by atoms with E-state index in [0.29, 0.717) is 0 Å². The summed E-state index contributed by atoms with van der Waals surface area (Å²) in [6.45, 7) is 10.8. The zero-order valence-electron chi connectivity index (χ0n) is 19.7. The van der Waals surface area contributed by atoms with Crippen LogP contribution in [0.3, 0.4) is 0 Å². The molecule has 0 saturated carbocycles. The van der Waals surface area contributed by atoms with Crippen LogP contribution in [-0.4, -0.2) is 0 Å². The number of aryl methyl sites for hydroxylation is 5. The largest absolute Gasteiger partial charge is 0.311 e. The van der Waals surface area contributed by atoms with Gasteiger partial charge in [0, 0.05) is 17.1 Å². The average molecular weight is 418 g/mol. The Hall–Kier alpha value is -3.58. The number of hydrogen-bond donors (Lipinski definition) is 0. The third kappa shape index (κ3) is 4.84. The summed E-state index contributed by atoms with van der Waals surface area (Å²) in [5, 5.41) is 0. The summed E-state index contributed by atoms with van der Waals surface area (Å²) >= 11 is 0. The normalized spacial score (nSPS) is 11.2. The van der Waals surface area contributed by atoms with E-state index >= 15 is 0 Å². The maximum absolute atomic E-state index is 2.31. The van der Waals surface area contributed by atoms with Crippen LogP contribution in [-0.2, 0) is 0 Å². The molecule has 0 radical (unpaired) electrons. The molecule has 0 fully saturated rings. The van der Waals surface area contributed by atoms with Crippen LogP contribution in [0.4, 0.5) is 17.1 Å². The first-order valence-corrected chi connectivity index (χ1v) is 11.2.